The lowest BCUT2D eigenvalue weighted by molar-refractivity contribution is -0.153. The van der Waals surface area contributed by atoms with Crippen LogP contribution >= 0.6 is 11.3 Å². The predicted octanol–water partition coefficient (Wildman–Crippen LogP) is 5.03. The van der Waals surface area contributed by atoms with E-state index in [4.69, 9.17) is 9.47 Å². The van der Waals surface area contributed by atoms with Crippen molar-refractivity contribution in [2.75, 3.05) is 11.9 Å². The van der Waals surface area contributed by atoms with E-state index in [0.29, 0.717) is 22.9 Å². The summed E-state index contributed by atoms with van der Waals surface area (Å²) in [5, 5.41) is 4.37. The molecule has 2 heterocycles. The first-order valence-corrected chi connectivity index (χ1v) is 12.6. The van der Waals surface area contributed by atoms with Gasteiger partial charge in [0.2, 0.25) is 0 Å². The molecular formula is C26H30N2O5S. The van der Waals surface area contributed by atoms with Gasteiger partial charge in [-0.2, -0.15) is 0 Å². The van der Waals surface area contributed by atoms with E-state index in [0.717, 1.165) is 46.2 Å². The van der Waals surface area contributed by atoms with Gasteiger partial charge in [0.05, 0.1) is 12.2 Å². The molecule has 0 saturated heterocycles. The maximum atomic E-state index is 12.8. The number of rotatable bonds is 8. The summed E-state index contributed by atoms with van der Waals surface area (Å²) in [6.07, 6.45) is 4.25. The largest absolute Gasteiger partial charge is 0.462 e. The van der Waals surface area contributed by atoms with Crippen molar-refractivity contribution in [2.24, 2.45) is 5.92 Å². The molecule has 3 aromatic rings. The Morgan fingerprint density at radius 1 is 1.26 bits per heavy atom. The van der Waals surface area contributed by atoms with Crippen LogP contribution < -0.4 is 5.32 Å². The Morgan fingerprint density at radius 2 is 2.06 bits per heavy atom. The van der Waals surface area contributed by atoms with Crippen molar-refractivity contribution >= 4 is 45.1 Å². The molecule has 2 N–H and O–H groups in total. The van der Waals surface area contributed by atoms with Crippen LogP contribution in [0.3, 0.4) is 0 Å². The number of aryl methyl sites for hydroxylation is 1. The van der Waals surface area contributed by atoms with Crippen molar-refractivity contribution in [1.82, 2.24) is 4.98 Å². The lowest BCUT2D eigenvalue weighted by Gasteiger charge is -2.18. The molecule has 0 radical (unpaired) electrons. The van der Waals surface area contributed by atoms with Crippen LogP contribution in [0.5, 0.6) is 0 Å². The van der Waals surface area contributed by atoms with Crippen molar-refractivity contribution in [3.8, 4) is 0 Å². The summed E-state index contributed by atoms with van der Waals surface area (Å²) in [5.41, 5.74) is 3.46. The number of carbonyl (C=O) groups is 3. The van der Waals surface area contributed by atoms with Crippen LogP contribution in [-0.2, 0) is 38.3 Å². The van der Waals surface area contributed by atoms with Gasteiger partial charge in [-0.3, -0.25) is 9.59 Å². The lowest BCUT2D eigenvalue weighted by Crippen LogP contribution is -2.30. The Hall–Kier alpha value is -3.13. The number of para-hydroxylation sites is 1. The minimum Gasteiger partial charge on any atom is -0.462 e. The molecule has 1 aromatic carbocycles. The van der Waals surface area contributed by atoms with E-state index in [-0.39, 0.29) is 13.0 Å². The number of H-pyrrole nitrogens is 1. The van der Waals surface area contributed by atoms with Crippen LogP contribution in [0.2, 0.25) is 0 Å². The molecule has 2 aromatic heterocycles. The third-order valence-corrected chi connectivity index (χ3v) is 7.35. The Labute approximate surface area is 202 Å². The van der Waals surface area contributed by atoms with Gasteiger partial charge in [0, 0.05) is 28.4 Å². The second kappa shape index (κ2) is 10.4. The van der Waals surface area contributed by atoms with Crippen LogP contribution in [0.15, 0.2) is 30.5 Å². The Bertz CT molecular complexity index is 1210. The number of anilines is 1. The molecule has 0 bridgehead atoms. The summed E-state index contributed by atoms with van der Waals surface area (Å²) >= 11 is 1.42. The van der Waals surface area contributed by atoms with Gasteiger partial charge >= 0.3 is 11.9 Å². The van der Waals surface area contributed by atoms with Gasteiger partial charge in [-0.15, -0.1) is 11.3 Å². The third kappa shape index (κ3) is 5.17. The maximum absolute atomic E-state index is 12.8. The minimum atomic E-state index is -0.983. The molecule has 0 unspecified atom stereocenters. The molecule has 180 valence electrons. The highest BCUT2D eigenvalue weighted by Crippen LogP contribution is 2.40. The molecule has 8 heteroatoms. The molecule has 0 saturated carbocycles. The highest BCUT2D eigenvalue weighted by molar-refractivity contribution is 7.17. The topological polar surface area (TPSA) is 97.5 Å². The molecule has 0 aliphatic heterocycles. The first-order valence-electron chi connectivity index (χ1n) is 11.7. The number of ether oxygens (including phenoxy) is 2. The second-order valence-corrected chi connectivity index (χ2v) is 9.86. The summed E-state index contributed by atoms with van der Waals surface area (Å²) in [4.78, 5) is 42.2. The first-order chi connectivity index (χ1) is 16.4. The van der Waals surface area contributed by atoms with E-state index in [9.17, 15) is 14.4 Å². The number of aromatic amines is 1. The number of carbonyl (C=O) groups excluding carboxylic acids is 3. The molecule has 1 aliphatic carbocycles. The summed E-state index contributed by atoms with van der Waals surface area (Å²) in [6, 6.07) is 7.90. The summed E-state index contributed by atoms with van der Waals surface area (Å²) < 4.78 is 10.6. The molecular weight excluding hydrogens is 452 g/mol. The number of esters is 2. The average Bonchev–Trinajstić information content (AvgIpc) is 3.38. The zero-order valence-corrected chi connectivity index (χ0v) is 20.6. The van der Waals surface area contributed by atoms with Crippen LogP contribution in [0, 0.1) is 5.92 Å². The third-order valence-electron chi connectivity index (χ3n) is 6.18. The highest BCUT2D eigenvalue weighted by atomic mass is 32.1. The van der Waals surface area contributed by atoms with E-state index < -0.39 is 23.9 Å². The molecule has 1 amide bonds. The maximum Gasteiger partial charge on any atom is 0.341 e. The van der Waals surface area contributed by atoms with E-state index in [2.05, 4.69) is 17.2 Å². The highest BCUT2D eigenvalue weighted by Gasteiger charge is 2.30. The number of benzene rings is 1. The molecule has 4 rings (SSSR count). The fourth-order valence-electron chi connectivity index (χ4n) is 4.36. The van der Waals surface area contributed by atoms with Gasteiger partial charge in [-0.1, -0.05) is 25.1 Å². The minimum absolute atomic E-state index is 0.165. The van der Waals surface area contributed by atoms with Gasteiger partial charge in [0.1, 0.15) is 5.00 Å². The fraction of sp³-hybridized carbons (Fsp3) is 0.423. The lowest BCUT2D eigenvalue weighted by atomic mass is 9.88. The standard InChI is InChI=1S/C26H30N2O5S/c1-4-32-26(31)23-19-11-9-15(2)13-21(19)34-25(23)28-24(30)16(3)33-22(29)12-10-17-14-27-20-8-6-5-7-18(17)20/h5-8,14-16,27H,4,9-13H2,1-3H3,(H,28,30)/t15-,16-/m1/s1. The van der Waals surface area contributed by atoms with E-state index in [1.165, 1.54) is 11.3 Å². The van der Waals surface area contributed by atoms with Crippen LogP contribution in [0.4, 0.5) is 5.00 Å². The van der Waals surface area contributed by atoms with Crippen LogP contribution in [-0.4, -0.2) is 35.5 Å². The SMILES string of the molecule is CCOC(=O)c1c(NC(=O)[C@@H](C)OC(=O)CCc2c[nH]c3ccccc23)sc2c1CC[C@@H](C)C2. The quantitative estimate of drug-likeness (QED) is 0.439. The number of amides is 1. The van der Waals surface area contributed by atoms with Crippen LogP contribution in [0.25, 0.3) is 10.9 Å². The van der Waals surface area contributed by atoms with Gasteiger partial charge < -0.3 is 19.8 Å². The van der Waals surface area contributed by atoms with E-state index >= 15 is 0 Å². The number of hydrogen-bond donors (Lipinski definition) is 2. The number of thiophene rings is 1. The molecule has 0 spiro atoms. The van der Waals surface area contributed by atoms with Crippen molar-refractivity contribution in [2.45, 2.75) is 59.0 Å². The van der Waals surface area contributed by atoms with E-state index in [1.807, 2.05) is 30.5 Å². The monoisotopic (exact) mass is 482 g/mol. The molecule has 34 heavy (non-hydrogen) atoms. The van der Waals surface area contributed by atoms with Crippen LogP contribution in [0.1, 0.15) is 60.0 Å². The van der Waals surface area contributed by atoms with Crippen molar-refractivity contribution in [3.63, 3.8) is 0 Å². The zero-order chi connectivity index (χ0) is 24.2. The number of aromatic nitrogens is 1. The normalized spacial score (nSPS) is 16.0. The van der Waals surface area contributed by atoms with Gasteiger partial charge in [0.15, 0.2) is 6.10 Å². The number of fused-ring (bicyclic) bond motifs is 2. The second-order valence-electron chi connectivity index (χ2n) is 8.76. The van der Waals surface area contributed by atoms with Gasteiger partial charge in [0.25, 0.3) is 5.91 Å². The first kappa shape index (κ1) is 24.0. The molecule has 7 nitrogen and oxygen atoms in total. The Kier molecular flexibility index (Phi) is 7.36. The van der Waals surface area contributed by atoms with Crippen molar-refractivity contribution in [1.29, 1.82) is 0 Å². The summed E-state index contributed by atoms with van der Waals surface area (Å²) in [6.45, 7) is 5.74. The fourth-order valence-corrected chi connectivity index (χ4v) is 5.76. The average molecular weight is 483 g/mol. The molecule has 1 aliphatic rings. The summed E-state index contributed by atoms with van der Waals surface area (Å²) in [5.74, 6) is -0.800. The zero-order valence-electron chi connectivity index (χ0n) is 19.7. The van der Waals surface area contributed by atoms with Crippen molar-refractivity contribution in [3.05, 3.63) is 52.0 Å². The van der Waals surface area contributed by atoms with Gasteiger partial charge in [-0.05, 0) is 62.6 Å². The summed E-state index contributed by atoms with van der Waals surface area (Å²) in [7, 11) is 0. The Morgan fingerprint density at radius 3 is 2.85 bits per heavy atom. The number of nitrogens with one attached hydrogen (secondary N) is 2. The Balaban J connectivity index is 1.39. The molecule has 2 atom stereocenters. The molecule has 0 fully saturated rings. The smallest absolute Gasteiger partial charge is 0.341 e. The van der Waals surface area contributed by atoms with Crippen molar-refractivity contribution < 1.29 is 23.9 Å². The van der Waals surface area contributed by atoms with Gasteiger partial charge in [-0.25, -0.2) is 4.79 Å². The number of hydrogen-bond acceptors (Lipinski definition) is 6. The van der Waals surface area contributed by atoms with E-state index in [1.54, 1.807) is 13.8 Å². The predicted molar refractivity (Wildman–Crippen MR) is 132 cm³/mol.